The van der Waals surface area contributed by atoms with Gasteiger partial charge in [0.2, 0.25) is 0 Å². The third-order valence-corrected chi connectivity index (χ3v) is 6.63. The number of benzene rings is 1. The maximum absolute atomic E-state index is 12.0. The lowest BCUT2D eigenvalue weighted by Crippen LogP contribution is -2.26. The summed E-state index contributed by atoms with van der Waals surface area (Å²) in [4.78, 5) is 19.1. The van der Waals surface area contributed by atoms with Crippen LogP contribution in [0.4, 0.5) is 0 Å². The van der Waals surface area contributed by atoms with E-state index in [1.165, 1.54) is 10.6 Å². The van der Waals surface area contributed by atoms with E-state index in [4.69, 9.17) is 9.72 Å². The quantitative estimate of drug-likeness (QED) is 0.609. The molecule has 0 bridgehead atoms. The highest BCUT2D eigenvalue weighted by Gasteiger charge is 2.32. The van der Waals surface area contributed by atoms with Crippen LogP contribution >= 0.6 is 11.3 Å². The Balaban J connectivity index is 1.82. The lowest BCUT2D eigenvalue weighted by atomic mass is 9.73. The minimum atomic E-state index is 0.309. The SMILES string of the molecule is COc1cccc(-c2nc3sc4c(n3c2C=O)CCC(C(C)(C)C)C4)c1. The number of carbonyl (C=O) groups excluding carboxylic acids is 1. The summed E-state index contributed by atoms with van der Waals surface area (Å²) in [7, 11) is 1.65. The molecule has 2 aromatic heterocycles. The molecule has 0 saturated heterocycles. The van der Waals surface area contributed by atoms with Gasteiger partial charge in [-0.2, -0.15) is 0 Å². The summed E-state index contributed by atoms with van der Waals surface area (Å²) in [6.07, 6.45) is 4.19. The van der Waals surface area contributed by atoms with Gasteiger partial charge in [0.1, 0.15) is 17.1 Å². The number of fused-ring (bicyclic) bond motifs is 3. The minimum absolute atomic E-state index is 0.309. The van der Waals surface area contributed by atoms with E-state index in [9.17, 15) is 4.79 Å². The van der Waals surface area contributed by atoms with Crippen molar-refractivity contribution in [1.29, 1.82) is 0 Å². The molecule has 0 fully saturated rings. The van der Waals surface area contributed by atoms with Crippen LogP contribution in [0.3, 0.4) is 0 Å². The first-order valence-electron chi connectivity index (χ1n) is 9.05. The van der Waals surface area contributed by atoms with Crippen LogP contribution < -0.4 is 4.74 Å². The van der Waals surface area contributed by atoms with Gasteiger partial charge in [0.05, 0.1) is 7.11 Å². The van der Waals surface area contributed by atoms with Crippen LogP contribution in [0.5, 0.6) is 5.75 Å². The predicted molar refractivity (Wildman–Crippen MR) is 105 cm³/mol. The molecule has 26 heavy (non-hydrogen) atoms. The standard InChI is InChI=1S/C21H24N2O2S/c1-21(2,3)14-8-9-16-18(11-14)26-20-22-19(17(12-24)23(16)20)13-6-5-7-15(10-13)25-4/h5-7,10,12,14H,8-9,11H2,1-4H3. The summed E-state index contributed by atoms with van der Waals surface area (Å²) < 4.78 is 7.40. The summed E-state index contributed by atoms with van der Waals surface area (Å²) in [5, 5.41) is 0. The molecule has 1 aromatic carbocycles. The molecule has 0 spiro atoms. The van der Waals surface area contributed by atoms with E-state index in [0.29, 0.717) is 17.0 Å². The molecule has 1 aliphatic rings. The smallest absolute Gasteiger partial charge is 0.195 e. The van der Waals surface area contributed by atoms with Crippen molar-refractivity contribution in [2.45, 2.75) is 40.0 Å². The van der Waals surface area contributed by atoms with Gasteiger partial charge in [0.15, 0.2) is 11.2 Å². The Hall–Kier alpha value is -2.14. The van der Waals surface area contributed by atoms with Gasteiger partial charge in [-0.05, 0) is 42.7 Å². The normalized spacial score (nSPS) is 17.3. The molecule has 4 nitrogen and oxygen atoms in total. The van der Waals surface area contributed by atoms with E-state index >= 15 is 0 Å². The number of hydrogen-bond donors (Lipinski definition) is 0. The Morgan fingerprint density at radius 2 is 2.15 bits per heavy atom. The van der Waals surface area contributed by atoms with Crippen molar-refractivity contribution in [3.8, 4) is 17.0 Å². The summed E-state index contributed by atoms with van der Waals surface area (Å²) in [6, 6.07) is 7.74. The second-order valence-electron chi connectivity index (χ2n) is 8.09. The highest BCUT2D eigenvalue weighted by Crippen LogP contribution is 2.41. The Labute approximate surface area is 157 Å². The topological polar surface area (TPSA) is 43.6 Å². The zero-order valence-electron chi connectivity index (χ0n) is 15.7. The highest BCUT2D eigenvalue weighted by atomic mass is 32.1. The molecule has 0 amide bonds. The van der Waals surface area contributed by atoms with E-state index in [1.807, 2.05) is 24.3 Å². The van der Waals surface area contributed by atoms with E-state index < -0.39 is 0 Å². The van der Waals surface area contributed by atoms with Crippen LogP contribution in [-0.2, 0) is 12.8 Å². The number of carbonyl (C=O) groups is 1. The second-order valence-corrected chi connectivity index (χ2v) is 9.15. The molecule has 1 aliphatic carbocycles. The summed E-state index contributed by atoms with van der Waals surface area (Å²) in [6.45, 7) is 6.96. The lowest BCUT2D eigenvalue weighted by molar-refractivity contribution is 0.111. The number of imidazole rings is 1. The molecule has 0 aliphatic heterocycles. The molecule has 136 valence electrons. The molecule has 2 heterocycles. The molecule has 3 aromatic rings. The predicted octanol–water partition coefficient (Wildman–Crippen LogP) is 5.03. The van der Waals surface area contributed by atoms with E-state index in [1.54, 1.807) is 18.4 Å². The van der Waals surface area contributed by atoms with Gasteiger partial charge >= 0.3 is 0 Å². The van der Waals surface area contributed by atoms with Crippen LogP contribution in [-0.4, -0.2) is 22.8 Å². The fourth-order valence-electron chi connectivity index (χ4n) is 3.91. The van der Waals surface area contributed by atoms with Gasteiger partial charge in [-0.1, -0.05) is 32.9 Å². The highest BCUT2D eigenvalue weighted by molar-refractivity contribution is 7.17. The third-order valence-electron chi connectivity index (χ3n) is 5.53. The number of aryl methyl sites for hydroxylation is 1. The van der Waals surface area contributed by atoms with Crippen molar-refractivity contribution >= 4 is 22.6 Å². The number of ether oxygens (including phenoxy) is 1. The number of rotatable bonds is 3. The van der Waals surface area contributed by atoms with Gasteiger partial charge in [0, 0.05) is 16.1 Å². The first-order chi connectivity index (χ1) is 12.4. The van der Waals surface area contributed by atoms with Gasteiger partial charge in [-0.25, -0.2) is 4.98 Å². The Morgan fingerprint density at radius 1 is 1.35 bits per heavy atom. The van der Waals surface area contributed by atoms with E-state index in [-0.39, 0.29) is 0 Å². The van der Waals surface area contributed by atoms with Crippen LogP contribution in [0.15, 0.2) is 24.3 Å². The molecule has 5 heteroatoms. The molecule has 0 saturated carbocycles. The van der Waals surface area contributed by atoms with Gasteiger partial charge < -0.3 is 4.74 Å². The zero-order valence-corrected chi connectivity index (χ0v) is 16.5. The minimum Gasteiger partial charge on any atom is -0.497 e. The first-order valence-corrected chi connectivity index (χ1v) is 9.86. The fraction of sp³-hybridized carbons (Fsp3) is 0.429. The van der Waals surface area contributed by atoms with Crippen LogP contribution in [0, 0.1) is 11.3 Å². The molecule has 1 atom stereocenters. The van der Waals surface area contributed by atoms with Crippen LogP contribution in [0.1, 0.15) is 48.3 Å². The van der Waals surface area contributed by atoms with Gasteiger partial charge in [0.25, 0.3) is 0 Å². The maximum Gasteiger partial charge on any atom is 0.195 e. The maximum atomic E-state index is 12.0. The van der Waals surface area contributed by atoms with Crippen molar-refractivity contribution in [1.82, 2.24) is 9.38 Å². The number of hydrogen-bond acceptors (Lipinski definition) is 4. The fourth-order valence-corrected chi connectivity index (χ4v) is 5.17. The average Bonchev–Trinajstić information content (AvgIpc) is 3.15. The second kappa shape index (κ2) is 6.23. The number of aldehydes is 1. The summed E-state index contributed by atoms with van der Waals surface area (Å²) in [5.41, 5.74) is 3.89. The van der Waals surface area contributed by atoms with Crippen molar-refractivity contribution < 1.29 is 9.53 Å². The molecular weight excluding hydrogens is 344 g/mol. The molecule has 4 rings (SSSR count). The summed E-state index contributed by atoms with van der Waals surface area (Å²) in [5.74, 6) is 1.45. The number of aromatic nitrogens is 2. The Bertz CT molecular complexity index is 978. The molecule has 1 unspecified atom stereocenters. The lowest BCUT2D eigenvalue weighted by Gasteiger charge is -2.33. The molecular formula is C21H24N2O2S. The average molecular weight is 369 g/mol. The molecule has 0 N–H and O–H groups in total. The van der Waals surface area contributed by atoms with Crippen LogP contribution in [0.25, 0.3) is 16.2 Å². The number of thiazole rings is 1. The monoisotopic (exact) mass is 368 g/mol. The zero-order chi connectivity index (χ0) is 18.5. The van der Waals surface area contributed by atoms with Gasteiger partial charge in [-0.3, -0.25) is 9.20 Å². The Kier molecular flexibility index (Phi) is 4.14. The van der Waals surface area contributed by atoms with E-state index in [0.717, 1.165) is 47.5 Å². The van der Waals surface area contributed by atoms with Crippen molar-refractivity contribution in [3.63, 3.8) is 0 Å². The van der Waals surface area contributed by atoms with Crippen molar-refractivity contribution in [2.75, 3.05) is 7.11 Å². The largest absolute Gasteiger partial charge is 0.497 e. The summed E-state index contributed by atoms with van der Waals surface area (Å²) >= 11 is 1.74. The van der Waals surface area contributed by atoms with E-state index in [2.05, 4.69) is 25.2 Å². The van der Waals surface area contributed by atoms with Crippen LogP contribution in [0.2, 0.25) is 0 Å². The van der Waals surface area contributed by atoms with Crippen molar-refractivity contribution in [3.05, 3.63) is 40.5 Å². The Morgan fingerprint density at radius 3 is 2.85 bits per heavy atom. The van der Waals surface area contributed by atoms with Gasteiger partial charge in [-0.15, -0.1) is 11.3 Å². The van der Waals surface area contributed by atoms with Crippen molar-refractivity contribution in [2.24, 2.45) is 11.3 Å². The first kappa shape index (κ1) is 17.3. The third kappa shape index (κ3) is 2.75. The molecule has 0 radical (unpaired) electrons. The number of nitrogens with zero attached hydrogens (tertiary/aromatic N) is 2. The number of methoxy groups -OCH3 is 1.